The van der Waals surface area contributed by atoms with E-state index in [1.807, 2.05) is 6.92 Å². The number of aliphatic hydroxyl groups excluding tert-OH is 1. The Morgan fingerprint density at radius 2 is 1.61 bits per heavy atom. The minimum Gasteiger partial charge on any atom is -0.481 e. The third-order valence-electron chi connectivity index (χ3n) is 10.9. The van der Waals surface area contributed by atoms with Crippen molar-refractivity contribution in [3.05, 3.63) is 22.8 Å². The van der Waals surface area contributed by atoms with Crippen molar-refractivity contribution in [2.24, 2.45) is 39.4 Å². The molecule has 0 saturated heterocycles. The molecule has 0 aromatic heterocycles. The van der Waals surface area contributed by atoms with Crippen LogP contribution in [0.15, 0.2) is 22.8 Å². The Bertz CT molecular complexity index is 1250. The molecule has 0 spiro atoms. The molecule has 0 amide bonds. The Kier molecular flexibility index (Phi) is 6.42. The highest BCUT2D eigenvalue weighted by atomic mass is 16.4. The van der Waals surface area contributed by atoms with Crippen LogP contribution in [0.2, 0.25) is 0 Å². The van der Waals surface area contributed by atoms with Crippen LogP contribution in [0, 0.1) is 39.4 Å². The minimum atomic E-state index is -1.59. The van der Waals surface area contributed by atoms with Gasteiger partial charge in [0, 0.05) is 53.1 Å². The molecule has 4 rings (SSSR count). The van der Waals surface area contributed by atoms with Gasteiger partial charge in [0.25, 0.3) is 0 Å². The summed E-state index contributed by atoms with van der Waals surface area (Å²) in [6, 6.07) is 0. The van der Waals surface area contributed by atoms with Gasteiger partial charge in [-0.25, -0.2) is 0 Å². The van der Waals surface area contributed by atoms with Gasteiger partial charge in [-0.3, -0.25) is 28.8 Å². The van der Waals surface area contributed by atoms with Gasteiger partial charge in [-0.15, -0.1) is 0 Å². The van der Waals surface area contributed by atoms with Crippen LogP contribution in [0.5, 0.6) is 0 Å². The standard InChI is InChI=1S/C30H38O8/c1-14(10-16(31)11-15(2)26(37)38)17-12-21(34)30(7)22-18(32)13-19-27(3,4)20(33)8-9-28(19,5)23(22)24(35)25(36)29(17,30)6/h10,15,17,19,25,36H,8-9,11-13H2,1-7H3,(H,37,38)/b14-10+/t15?,17-,19+,25-,28+,29+,30+/m1/s1. The zero-order valence-corrected chi connectivity index (χ0v) is 23.3. The first-order valence-electron chi connectivity index (χ1n) is 13.4. The number of aliphatic carboxylic acids is 1. The number of rotatable bonds is 5. The van der Waals surface area contributed by atoms with Gasteiger partial charge in [0.15, 0.2) is 17.3 Å². The Morgan fingerprint density at radius 3 is 2.18 bits per heavy atom. The summed E-state index contributed by atoms with van der Waals surface area (Å²) in [4.78, 5) is 78.4. The SMILES string of the molecule is C/C(=C\C(=O)CC(C)C(=O)O)[C@H]1CC(=O)[C@@]2(C)C3=C(C(=O)[C@@H](O)[C@]12C)[C@@]1(C)CCC(=O)C(C)(C)[C@@H]1CC3=O. The fourth-order valence-electron chi connectivity index (χ4n) is 8.25. The smallest absolute Gasteiger partial charge is 0.306 e. The fourth-order valence-corrected chi connectivity index (χ4v) is 8.25. The lowest BCUT2D eigenvalue weighted by Crippen LogP contribution is -2.63. The normalized spacial score (nSPS) is 39.5. The highest BCUT2D eigenvalue weighted by Crippen LogP contribution is 2.69. The van der Waals surface area contributed by atoms with Crippen LogP contribution in [-0.4, -0.2) is 51.2 Å². The van der Waals surface area contributed by atoms with Gasteiger partial charge < -0.3 is 10.2 Å². The molecule has 4 aliphatic carbocycles. The van der Waals surface area contributed by atoms with Crippen molar-refractivity contribution in [2.75, 3.05) is 0 Å². The summed E-state index contributed by atoms with van der Waals surface area (Å²) in [5, 5.41) is 20.8. The van der Waals surface area contributed by atoms with E-state index < -0.39 is 63.1 Å². The molecule has 0 aromatic rings. The number of hydrogen-bond donors (Lipinski definition) is 2. The number of carboxylic acids is 1. The van der Waals surface area contributed by atoms with Crippen LogP contribution < -0.4 is 0 Å². The summed E-state index contributed by atoms with van der Waals surface area (Å²) in [5.74, 6) is -4.66. The molecule has 8 nitrogen and oxygen atoms in total. The third-order valence-corrected chi connectivity index (χ3v) is 10.9. The average molecular weight is 527 g/mol. The molecular weight excluding hydrogens is 488 g/mol. The second kappa shape index (κ2) is 8.63. The predicted molar refractivity (Wildman–Crippen MR) is 137 cm³/mol. The molecule has 8 heteroatoms. The Morgan fingerprint density at radius 1 is 1.00 bits per heavy atom. The summed E-state index contributed by atoms with van der Waals surface area (Å²) in [6.45, 7) is 11.9. The second-order valence-corrected chi connectivity index (χ2v) is 13.1. The maximum Gasteiger partial charge on any atom is 0.306 e. The molecule has 7 atom stereocenters. The Balaban J connectivity index is 1.86. The van der Waals surface area contributed by atoms with Gasteiger partial charge in [0.1, 0.15) is 17.7 Å². The van der Waals surface area contributed by atoms with Gasteiger partial charge in [-0.1, -0.05) is 40.2 Å². The number of carboxylic acid groups (broad SMARTS) is 1. The zero-order chi connectivity index (χ0) is 28.7. The lowest BCUT2D eigenvalue weighted by Gasteiger charge is -2.59. The van der Waals surface area contributed by atoms with Crippen molar-refractivity contribution in [3.8, 4) is 0 Å². The topological polar surface area (TPSA) is 143 Å². The number of allylic oxidation sites excluding steroid dienone is 3. The van der Waals surface area contributed by atoms with Crippen LogP contribution >= 0.6 is 0 Å². The van der Waals surface area contributed by atoms with E-state index in [-0.39, 0.29) is 54.2 Å². The predicted octanol–water partition coefficient (Wildman–Crippen LogP) is 3.44. The molecule has 206 valence electrons. The van der Waals surface area contributed by atoms with E-state index in [1.54, 1.807) is 34.6 Å². The highest BCUT2D eigenvalue weighted by molar-refractivity contribution is 6.18. The zero-order valence-electron chi connectivity index (χ0n) is 23.3. The lowest BCUT2D eigenvalue weighted by atomic mass is 9.42. The van der Waals surface area contributed by atoms with E-state index in [2.05, 4.69) is 0 Å². The number of fused-ring (bicyclic) bond motifs is 4. The molecule has 0 bridgehead atoms. The largest absolute Gasteiger partial charge is 0.481 e. The first-order chi connectivity index (χ1) is 17.4. The number of carbonyl (C=O) groups excluding carboxylic acids is 5. The Labute approximate surface area is 222 Å². The van der Waals surface area contributed by atoms with E-state index in [4.69, 9.17) is 5.11 Å². The number of aliphatic hydroxyl groups is 1. The molecule has 38 heavy (non-hydrogen) atoms. The number of carbonyl (C=O) groups is 6. The summed E-state index contributed by atoms with van der Waals surface area (Å²) < 4.78 is 0. The third kappa shape index (κ3) is 3.44. The van der Waals surface area contributed by atoms with Gasteiger partial charge in [-0.05, 0) is 38.2 Å². The minimum absolute atomic E-state index is 0.0383. The van der Waals surface area contributed by atoms with Crippen LogP contribution in [0.4, 0.5) is 0 Å². The van der Waals surface area contributed by atoms with Gasteiger partial charge in [0.2, 0.25) is 0 Å². The maximum absolute atomic E-state index is 14.1. The molecule has 0 aromatic carbocycles. The van der Waals surface area contributed by atoms with E-state index in [0.29, 0.717) is 12.0 Å². The first-order valence-corrected chi connectivity index (χ1v) is 13.4. The Hall–Kier alpha value is -2.74. The van der Waals surface area contributed by atoms with Gasteiger partial charge in [-0.2, -0.15) is 0 Å². The van der Waals surface area contributed by atoms with Crippen LogP contribution in [0.1, 0.15) is 80.6 Å². The summed E-state index contributed by atoms with van der Waals surface area (Å²) in [6.07, 6.45) is 0.0947. The van der Waals surface area contributed by atoms with Crippen LogP contribution in [-0.2, 0) is 28.8 Å². The fraction of sp³-hybridized carbons (Fsp3) is 0.667. The van der Waals surface area contributed by atoms with Crippen molar-refractivity contribution in [1.29, 1.82) is 0 Å². The highest BCUT2D eigenvalue weighted by Gasteiger charge is 2.73. The quantitative estimate of drug-likeness (QED) is 0.519. The molecule has 2 N–H and O–H groups in total. The second-order valence-electron chi connectivity index (χ2n) is 13.1. The molecule has 0 radical (unpaired) electrons. The van der Waals surface area contributed by atoms with Crippen LogP contribution in [0.3, 0.4) is 0 Å². The number of hydrogen-bond acceptors (Lipinski definition) is 7. The molecule has 0 heterocycles. The van der Waals surface area contributed by atoms with Crippen molar-refractivity contribution < 1.29 is 39.0 Å². The molecule has 1 unspecified atom stereocenters. The number of Topliss-reactive ketones (excluding diaryl/α,β-unsaturated/α-hetero) is 4. The molecule has 4 aliphatic rings. The van der Waals surface area contributed by atoms with Crippen molar-refractivity contribution in [3.63, 3.8) is 0 Å². The summed E-state index contributed by atoms with van der Waals surface area (Å²) in [5.41, 5.74) is -3.65. The van der Waals surface area contributed by atoms with Gasteiger partial charge >= 0.3 is 5.97 Å². The average Bonchev–Trinajstić information content (AvgIpc) is 3.03. The van der Waals surface area contributed by atoms with E-state index in [1.165, 1.54) is 13.0 Å². The molecule has 2 saturated carbocycles. The first kappa shape index (κ1) is 28.3. The molecule has 0 aliphatic heterocycles. The van der Waals surface area contributed by atoms with E-state index in [9.17, 15) is 33.9 Å². The van der Waals surface area contributed by atoms with Crippen molar-refractivity contribution in [2.45, 2.75) is 86.7 Å². The van der Waals surface area contributed by atoms with E-state index >= 15 is 0 Å². The maximum atomic E-state index is 14.1. The number of ketones is 5. The van der Waals surface area contributed by atoms with Crippen LogP contribution in [0.25, 0.3) is 0 Å². The van der Waals surface area contributed by atoms with Crippen molar-refractivity contribution in [1.82, 2.24) is 0 Å². The summed E-state index contributed by atoms with van der Waals surface area (Å²) in [7, 11) is 0. The lowest BCUT2D eigenvalue weighted by molar-refractivity contribution is -0.155. The summed E-state index contributed by atoms with van der Waals surface area (Å²) >= 11 is 0. The van der Waals surface area contributed by atoms with Gasteiger partial charge in [0.05, 0.1) is 11.3 Å². The molecule has 2 fully saturated rings. The molecular formula is C30H38O8. The van der Waals surface area contributed by atoms with E-state index in [0.717, 1.165) is 0 Å². The van der Waals surface area contributed by atoms with Crippen molar-refractivity contribution >= 4 is 34.9 Å². The monoisotopic (exact) mass is 526 g/mol.